The Morgan fingerprint density at radius 2 is 2.04 bits per heavy atom. The van der Waals surface area contributed by atoms with E-state index in [0.29, 0.717) is 28.9 Å². The zero-order valence-corrected chi connectivity index (χ0v) is 12.2. The Bertz CT molecular complexity index is 1080. The molecule has 1 amide bonds. The largest absolute Gasteiger partial charge is 0.417 e. The second kappa shape index (κ2) is 5.79. The van der Waals surface area contributed by atoms with Crippen molar-refractivity contribution in [3.63, 3.8) is 0 Å². The van der Waals surface area contributed by atoms with Crippen molar-refractivity contribution in [2.75, 3.05) is 5.32 Å². The zero-order chi connectivity index (χ0) is 18.2. The number of hydrogen-bond acceptors (Lipinski definition) is 4. The molecule has 0 fully saturated rings. The summed E-state index contributed by atoms with van der Waals surface area (Å²) in [6, 6.07) is 6.95. The maximum Gasteiger partial charge on any atom is 0.417 e. The first-order valence-electron chi connectivity index (χ1n) is 6.79. The smallest absolute Gasteiger partial charge is 0.328 e. The van der Waals surface area contributed by atoms with Gasteiger partial charge in [0, 0.05) is 6.20 Å². The second-order valence-electron chi connectivity index (χ2n) is 5.01. The number of fused-ring (bicyclic) bond motifs is 1. The van der Waals surface area contributed by atoms with Crippen LogP contribution >= 0.6 is 0 Å². The van der Waals surface area contributed by atoms with E-state index in [0.717, 1.165) is 0 Å². The lowest BCUT2D eigenvalue weighted by atomic mass is 10.2. The number of carbonyl (C=O) groups excluding carboxylic acids is 1. The van der Waals surface area contributed by atoms with Gasteiger partial charge in [-0.05, 0) is 24.3 Å². The van der Waals surface area contributed by atoms with Gasteiger partial charge in [-0.2, -0.15) is 18.4 Å². The highest BCUT2D eigenvalue weighted by Gasteiger charge is 2.32. The van der Waals surface area contributed by atoms with Crippen molar-refractivity contribution in [3.05, 3.63) is 57.5 Å². The summed E-state index contributed by atoms with van der Waals surface area (Å²) in [6.45, 7) is 0. The number of benzene rings is 1. The van der Waals surface area contributed by atoms with Crippen LogP contribution in [0.4, 0.5) is 19.1 Å². The van der Waals surface area contributed by atoms with E-state index in [9.17, 15) is 22.8 Å². The highest BCUT2D eigenvalue weighted by Crippen LogP contribution is 2.28. The second-order valence-corrected chi connectivity index (χ2v) is 5.01. The predicted octanol–water partition coefficient (Wildman–Crippen LogP) is 2.39. The average molecular weight is 347 g/mol. The summed E-state index contributed by atoms with van der Waals surface area (Å²) in [4.78, 5) is 32.3. The highest BCUT2D eigenvalue weighted by molar-refractivity contribution is 6.03. The molecular formula is C15H8F3N5O2. The summed E-state index contributed by atoms with van der Waals surface area (Å²) >= 11 is 0. The summed E-state index contributed by atoms with van der Waals surface area (Å²) in [5.74, 6) is -1.11. The summed E-state index contributed by atoms with van der Waals surface area (Å²) < 4.78 is 38.1. The van der Waals surface area contributed by atoms with Crippen LogP contribution in [0.3, 0.4) is 0 Å². The Kier molecular flexibility index (Phi) is 3.76. The minimum Gasteiger partial charge on any atom is -0.328 e. The highest BCUT2D eigenvalue weighted by atomic mass is 19.4. The van der Waals surface area contributed by atoms with E-state index >= 15 is 0 Å². The van der Waals surface area contributed by atoms with Crippen LogP contribution in [-0.4, -0.2) is 20.9 Å². The van der Waals surface area contributed by atoms with Crippen molar-refractivity contribution in [1.82, 2.24) is 15.0 Å². The van der Waals surface area contributed by atoms with Gasteiger partial charge in [0.25, 0.3) is 11.5 Å². The van der Waals surface area contributed by atoms with E-state index < -0.39 is 28.8 Å². The molecule has 0 atom stereocenters. The van der Waals surface area contributed by atoms with E-state index in [4.69, 9.17) is 5.26 Å². The average Bonchev–Trinajstić information content (AvgIpc) is 2.95. The molecule has 7 nitrogen and oxygen atoms in total. The molecule has 0 aliphatic rings. The number of imidazole rings is 1. The quantitative estimate of drug-likeness (QED) is 0.660. The van der Waals surface area contributed by atoms with E-state index in [1.807, 2.05) is 11.1 Å². The fourth-order valence-electron chi connectivity index (χ4n) is 2.13. The minimum atomic E-state index is -4.70. The van der Waals surface area contributed by atoms with E-state index in [1.165, 1.54) is 18.2 Å². The topological polar surface area (TPSA) is 114 Å². The number of nitrogens with one attached hydrogen (secondary N) is 3. The maximum atomic E-state index is 12.7. The number of nitrogens with zero attached hydrogens (tertiary/aromatic N) is 2. The van der Waals surface area contributed by atoms with Gasteiger partial charge in [-0.1, -0.05) is 0 Å². The van der Waals surface area contributed by atoms with Gasteiger partial charge in [0.05, 0.1) is 28.2 Å². The van der Waals surface area contributed by atoms with Crippen molar-refractivity contribution in [2.45, 2.75) is 6.18 Å². The van der Waals surface area contributed by atoms with Gasteiger partial charge >= 0.3 is 6.18 Å². The van der Waals surface area contributed by atoms with Gasteiger partial charge in [0.15, 0.2) is 0 Å². The number of hydrogen-bond donors (Lipinski definition) is 3. The summed E-state index contributed by atoms with van der Waals surface area (Å²) in [6.07, 6.45) is -4.21. The Labute approximate surface area is 137 Å². The molecule has 0 saturated heterocycles. The number of rotatable bonds is 2. The molecule has 0 unspecified atom stereocenters. The first kappa shape index (κ1) is 16.3. The number of halogens is 3. The van der Waals surface area contributed by atoms with Crippen molar-refractivity contribution < 1.29 is 18.0 Å². The molecule has 2 aromatic heterocycles. The molecule has 3 rings (SSSR count). The van der Waals surface area contributed by atoms with Gasteiger partial charge in [0.2, 0.25) is 5.95 Å². The third-order valence-electron chi connectivity index (χ3n) is 3.32. The van der Waals surface area contributed by atoms with Crippen LogP contribution in [-0.2, 0) is 6.18 Å². The number of anilines is 1. The molecule has 10 heteroatoms. The lowest BCUT2D eigenvalue weighted by molar-refractivity contribution is -0.137. The number of amides is 1. The van der Waals surface area contributed by atoms with Crippen molar-refractivity contribution in [2.24, 2.45) is 0 Å². The molecule has 0 aliphatic heterocycles. The molecule has 0 saturated carbocycles. The Hall–Kier alpha value is -3.61. The number of H-pyrrole nitrogens is 2. The van der Waals surface area contributed by atoms with E-state index in [1.54, 1.807) is 0 Å². The van der Waals surface area contributed by atoms with Gasteiger partial charge in [-0.3, -0.25) is 14.9 Å². The Morgan fingerprint density at radius 3 is 2.72 bits per heavy atom. The lowest BCUT2D eigenvalue weighted by Crippen LogP contribution is -2.25. The number of alkyl halides is 3. The monoisotopic (exact) mass is 347 g/mol. The number of pyridine rings is 1. The van der Waals surface area contributed by atoms with Crippen molar-refractivity contribution in [3.8, 4) is 6.07 Å². The molecule has 0 aliphatic carbocycles. The summed E-state index contributed by atoms with van der Waals surface area (Å²) in [7, 11) is 0. The molecule has 2 heterocycles. The fraction of sp³-hybridized carbons (Fsp3) is 0.0667. The lowest BCUT2D eigenvalue weighted by Gasteiger charge is -2.07. The van der Waals surface area contributed by atoms with Gasteiger partial charge in [0.1, 0.15) is 5.56 Å². The SMILES string of the molecule is N#Cc1ccc2nc(NC(=O)c3cc(C(F)(F)F)c[nH]c3=O)[nH]c2c1. The first-order chi connectivity index (χ1) is 11.8. The number of aromatic amines is 2. The van der Waals surface area contributed by atoms with Crippen molar-refractivity contribution in [1.29, 1.82) is 5.26 Å². The fourth-order valence-corrected chi connectivity index (χ4v) is 2.13. The van der Waals surface area contributed by atoms with Crippen LogP contribution in [0.15, 0.2) is 35.3 Å². The maximum absolute atomic E-state index is 12.7. The Balaban J connectivity index is 1.92. The third kappa shape index (κ3) is 3.20. The zero-order valence-electron chi connectivity index (χ0n) is 12.2. The molecule has 3 N–H and O–H groups in total. The molecule has 3 aromatic rings. The van der Waals surface area contributed by atoms with Gasteiger partial charge in [-0.15, -0.1) is 0 Å². The van der Waals surface area contributed by atoms with Crippen LogP contribution in [0.5, 0.6) is 0 Å². The number of aromatic nitrogens is 3. The number of nitriles is 1. The van der Waals surface area contributed by atoms with Crippen LogP contribution in [0.2, 0.25) is 0 Å². The van der Waals surface area contributed by atoms with Crippen LogP contribution < -0.4 is 10.9 Å². The third-order valence-corrected chi connectivity index (χ3v) is 3.32. The molecule has 1 aromatic carbocycles. The Morgan fingerprint density at radius 1 is 1.28 bits per heavy atom. The van der Waals surface area contributed by atoms with Gasteiger partial charge < -0.3 is 9.97 Å². The molecule has 126 valence electrons. The van der Waals surface area contributed by atoms with Crippen LogP contribution in [0.25, 0.3) is 11.0 Å². The van der Waals surface area contributed by atoms with E-state index in [-0.39, 0.29) is 5.95 Å². The minimum absolute atomic E-state index is 0.0631. The normalized spacial score (nSPS) is 11.3. The van der Waals surface area contributed by atoms with Crippen molar-refractivity contribution >= 4 is 22.9 Å². The molecule has 0 spiro atoms. The number of carbonyl (C=O) groups is 1. The summed E-state index contributed by atoms with van der Waals surface area (Å²) in [5.41, 5.74) is -1.57. The molecular weight excluding hydrogens is 339 g/mol. The van der Waals surface area contributed by atoms with E-state index in [2.05, 4.69) is 15.3 Å². The molecule has 25 heavy (non-hydrogen) atoms. The van der Waals surface area contributed by atoms with Gasteiger partial charge in [-0.25, -0.2) is 4.98 Å². The van der Waals surface area contributed by atoms with Crippen LogP contribution in [0.1, 0.15) is 21.5 Å². The first-order valence-corrected chi connectivity index (χ1v) is 6.79. The molecule has 0 bridgehead atoms. The standard InChI is InChI=1S/C15H8F3N5O2/c16-15(17,18)8-4-9(12(24)20-6-8)13(25)23-14-21-10-2-1-7(5-19)3-11(10)22-14/h1-4,6H,(H,20,24)(H2,21,22,23,25). The summed E-state index contributed by atoms with van der Waals surface area (Å²) in [5, 5.41) is 11.1. The molecule has 0 radical (unpaired) electrons. The van der Waals surface area contributed by atoms with Crippen LogP contribution in [0, 0.1) is 11.3 Å². The predicted molar refractivity (Wildman–Crippen MR) is 80.8 cm³/mol.